The summed E-state index contributed by atoms with van der Waals surface area (Å²) in [5, 5.41) is 0. The molecule has 0 fully saturated rings. The van der Waals surface area contributed by atoms with Crippen molar-refractivity contribution in [3.8, 4) is 0 Å². The fraction of sp³-hybridized carbons (Fsp3) is 1.00. The Bertz CT molecular complexity index is 8.00. The van der Waals surface area contributed by atoms with Crippen LogP contribution in [-0.4, -0.2) is 7.11 Å². The minimum absolute atomic E-state index is 0. The quantitative estimate of drug-likeness (QED) is 0.430. The van der Waals surface area contributed by atoms with E-state index in [1.54, 1.807) is 0 Å². The van der Waals surface area contributed by atoms with Crippen LogP contribution in [0.2, 0.25) is 0 Å². The molecule has 0 rings (SSSR count). The second kappa shape index (κ2) is 9.27. The van der Waals surface area contributed by atoms with E-state index in [0.29, 0.717) is 0 Å². The molecule has 31 valence electrons. The van der Waals surface area contributed by atoms with Crippen LogP contribution in [0, 0.1) is 0 Å². The average Bonchev–Trinajstić information content (AvgIpc) is 0.918. The Hall–Kier alpha value is 0.744. The molecule has 0 bridgehead atoms. The van der Waals surface area contributed by atoms with E-state index in [4.69, 9.17) is 0 Å². The van der Waals surface area contributed by atoms with Crippen molar-refractivity contribution < 1.29 is 19.7 Å². The van der Waals surface area contributed by atoms with Gasteiger partial charge >= 0.3 is 26.8 Å². The van der Waals surface area contributed by atoms with E-state index in [1.807, 2.05) is 0 Å². The summed E-state index contributed by atoms with van der Waals surface area (Å²) >= 11 is 3.67. The summed E-state index contributed by atoms with van der Waals surface area (Å²) in [5.41, 5.74) is 0. The van der Waals surface area contributed by atoms with Crippen molar-refractivity contribution in [2.24, 2.45) is 0 Å². The number of hydrogen-bond acceptors (Lipinski definition) is 1. The molecule has 0 aromatic rings. The molecule has 0 heterocycles. The summed E-state index contributed by atoms with van der Waals surface area (Å²) < 4.78 is 3.88. The molecule has 0 aliphatic carbocycles. The Balaban J connectivity index is 0. The van der Waals surface area contributed by atoms with Crippen molar-refractivity contribution in [2.45, 2.75) is 0 Å². The molecule has 0 radical (unpaired) electrons. The predicted octanol–water partition coefficient (Wildman–Crippen LogP) is 0.516. The summed E-state index contributed by atoms with van der Waals surface area (Å²) in [5.74, 6) is 0. The van der Waals surface area contributed by atoms with Crippen molar-refractivity contribution >= 4 is 12.4 Å². The molecule has 0 spiro atoms. The third-order valence-corrected chi connectivity index (χ3v) is 0. The minimum Gasteiger partial charge on any atom is -0.147 e. The van der Waals surface area contributed by atoms with Crippen molar-refractivity contribution in [2.75, 3.05) is 7.11 Å². The molecule has 4 heavy (non-hydrogen) atoms. The summed E-state index contributed by atoms with van der Waals surface area (Å²) in [6.07, 6.45) is 0. The first-order valence-corrected chi connectivity index (χ1v) is 0.941. The minimum atomic E-state index is 0. The zero-order valence-electron chi connectivity index (χ0n) is 2.13. The van der Waals surface area contributed by atoms with Gasteiger partial charge in [-0.1, -0.05) is 0 Å². The van der Waals surface area contributed by atoms with Gasteiger partial charge in [0.05, 0.1) is 0 Å². The maximum absolute atomic E-state index is 3.88. The Kier molecular flexibility index (Phi) is 20.5. The third-order valence-electron chi connectivity index (χ3n) is 0. The summed E-state index contributed by atoms with van der Waals surface area (Å²) in [6.45, 7) is 0. The smallest absolute Gasteiger partial charge is 0.147 e. The van der Waals surface area contributed by atoms with Crippen LogP contribution < -0.4 is 0 Å². The van der Waals surface area contributed by atoms with Crippen LogP contribution in [-0.2, 0) is 19.7 Å². The summed E-state index contributed by atoms with van der Waals surface area (Å²) in [4.78, 5) is 0. The Labute approximate surface area is 39.8 Å². The predicted molar refractivity (Wildman–Crippen MR) is 14.3 cm³/mol. The third kappa shape index (κ3) is 15.1. The second-order valence-corrected chi connectivity index (χ2v) is 0.532. The normalized spacial score (nSPS) is 4.75. The zero-order chi connectivity index (χ0) is 2.71. The standard InChI is InChI=1S/CH3O.ClH.Ni/c1-2;;/h1H3;1H;/q-1;;+1. The zero-order valence-corrected chi connectivity index (χ0v) is 3.94. The van der Waals surface area contributed by atoms with E-state index in [-0.39, 0.29) is 12.4 Å². The first-order valence-electron chi connectivity index (χ1n) is 0.537. The van der Waals surface area contributed by atoms with Crippen molar-refractivity contribution in [3.05, 3.63) is 0 Å². The molecule has 0 aromatic heterocycles. The molecule has 0 saturated heterocycles. The maximum Gasteiger partial charge on any atom is -0.147 e. The van der Waals surface area contributed by atoms with Gasteiger partial charge in [-0.25, -0.2) is 0 Å². The van der Waals surface area contributed by atoms with Gasteiger partial charge in [0.1, 0.15) is 0 Å². The van der Waals surface area contributed by atoms with Crippen LogP contribution >= 0.6 is 12.4 Å². The van der Waals surface area contributed by atoms with Crippen LogP contribution in [0.5, 0.6) is 0 Å². The van der Waals surface area contributed by atoms with Crippen LogP contribution in [0.15, 0.2) is 0 Å². The molecule has 1 nitrogen and oxygen atoms in total. The van der Waals surface area contributed by atoms with Crippen molar-refractivity contribution in [3.63, 3.8) is 0 Å². The number of hydrogen-bond donors (Lipinski definition) is 0. The van der Waals surface area contributed by atoms with E-state index in [1.165, 1.54) is 7.11 Å². The molecule has 0 aliphatic heterocycles. The molecule has 0 aliphatic rings. The fourth-order valence-corrected chi connectivity index (χ4v) is 0. The first kappa shape index (κ1) is 8.83. The number of halogens is 1. The van der Waals surface area contributed by atoms with Crippen LogP contribution in [0.25, 0.3) is 0 Å². The average molecular weight is 126 g/mol. The van der Waals surface area contributed by atoms with Gasteiger partial charge in [-0.3, -0.25) is 0 Å². The molecule has 0 saturated carbocycles. The van der Waals surface area contributed by atoms with Gasteiger partial charge in [0.15, 0.2) is 0 Å². The van der Waals surface area contributed by atoms with E-state index in [9.17, 15) is 0 Å². The molecule has 0 aromatic carbocycles. The van der Waals surface area contributed by atoms with E-state index < -0.39 is 0 Å². The molecule has 0 unspecified atom stereocenters. The van der Waals surface area contributed by atoms with Crippen LogP contribution in [0.4, 0.5) is 0 Å². The van der Waals surface area contributed by atoms with Gasteiger partial charge in [0.2, 0.25) is 0 Å². The summed E-state index contributed by atoms with van der Waals surface area (Å²) in [6, 6.07) is 0. The molecule has 3 heteroatoms. The Morgan fingerprint density at radius 2 is 1.75 bits per heavy atom. The van der Waals surface area contributed by atoms with E-state index in [0.717, 1.165) is 0 Å². The van der Waals surface area contributed by atoms with Gasteiger partial charge in [-0.2, -0.15) is 0 Å². The fourth-order valence-electron chi connectivity index (χ4n) is 0. The van der Waals surface area contributed by atoms with Gasteiger partial charge in [-0.15, -0.1) is 12.4 Å². The maximum atomic E-state index is 3.88. The topological polar surface area (TPSA) is 9.23 Å². The van der Waals surface area contributed by atoms with Gasteiger partial charge in [0.25, 0.3) is 0 Å². The molecular formula is CH4ClNiO. The van der Waals surface area contributed by atoms with Crippen LogP contribution in [0.1, 0.15) is 0 Å². The number of rotatable bonds is 0. The molecule has 0 atom stereocenters. The summed E-state index contributed by atoms with van der Waals surface area (Å²) in [7, 11) is 1.46. The first-order chi connectivity index (χ1) is 1.41. The van der Waals surface area contributed by atoms with Gasteiger partial charge in [0, 0.05) is 0 Å². The SMILES string of the molecule is C[O][Ni].Cl. The Morgan fingerprint density at radius 3 is 1.75 bits per heavy atom. The second-order valence-electron chi connectivity index (χ2n) is 0.129. The van der Waals surface area contributed by atoms with E-state index >= 15 is 0 Å². The largest absolute Gasteiger partial charge is 0.147 e. The van der Waals surface area contributed by atoms with Gasteiger partial charge in [-0.05, 0) is 0 Å². The van der Waals surface area contributed by atoms with Crippen molar-refractivity contribution in [1.29, 1.82) is 0 Å². The van der Waals surface area contributed by atoms with E-state index in [2.05, 4.69) is 19.7 Å². The molecule has 0 amide bonds. The van der Waals surface area contributed by atoms with Crippen LogP contribution in [0.3, 0.4) is 0 Å². The molecular weight excluding hydrogens is 122 g/mol. The Morgan fingerprint density at radius 1 is 1.75 bits per heavy atom. The molecule has 0 N–H and O–H groups in total. The van der Waals surface area contributed by atoms with Gasteiger partial charge < -0.3 is 0 Å². The monoisotopic (exact) mass is 125 g/mol. The van der Waals surface area contributed by atoms with Crippen molar-refractivity contribution in [1.82, 2.24) is 0 Å².